The Morgan fingerprint density at radius 2 is 2.00 bits per heavy atom. The standard InChI is InChI=1S/C20H29NO4/c1-15(2)25-18-5-3-16(4-6-18)13-21-14-17(11-19(22)23)12-20(21)7-9-24-10-8-20/h3-6,15,17H,7-14H2,1-2H3,(H,22,23). The minimum absolute atomic E-state index is 0.103. The summed E-state index contributed by atoms with van der Waals surface area (Å²) >= 11 is 0. The quantitative estimate of drug-likeness (QED) is 0.855. The predicted octanol–water partition coefficient (Wildman–Crippen LogP) is 3.32. The minimum atomic E-state index is -0.691. The number of benzene rings is 1. The van der Waals surface area contributed by atoms with Gasteiger partial charge in [-0.3, -0.25) is 9.69 Å². The molecule has 0 radical (unpaired) electrons. The van der Waals surface area contributed by atoms with Gasteiger partial charge in [-0.2, -0.15) is 0 Å². The Balaban J connectivity index is 1.70. The molecule has 2 aliphatic rings. The maximum atomic E-state index is 11.2. The number of hydrogen-bond acceptors (Lipinski definition) is 4. The maximum Gasteiger partial charge on any atom is 0.303 e. The van der Waals surface area contributed by atoms with E-state index in [4.69, 9.17) is 9.47 Å². The van der Waals surface area contributed by atoms with Crippen LogP contribution < -0.4 is 4.74 Å². The molecule has 1 atom stereocenters. The van der Waals surface area contributed by atoms with Gasteiger partial charge in [0.05, 0.1) is 6.10 Å². The van der Waals surface area contributed by atoms with Gasteiger partial charge in [-0.15, -0.1) is 0 Å². The molecular formula is C20H29NO4. The Kier molecular flexibility index (Phi) is 5.64. The second kappa shape index (κ2) is 7.75. The third-order valence-electron chi connectivity index (χ3n) is 5.37. The van der Waals surface area contributed by atoms with Crippen molar-refractivity contribution in [1.29, 1.82) is 0 Å². The summed E-state index contributed by atoms with van der Waals surface area (Å²) in [6.07, 6.45) is 3.40. The van der Waals surface area contributed by atoms with Gasteiger partial charge in [-0.1, -0.05) is 12.1 Å². The Labute approximate surface area is 149 Å². The third-order valence-corrected chi connectivity index (χ3v) is 5.37. The first-order chi connectivity index (χ1) is 12.0. The van der Waals surface area contributed by atoms with Crippen molar-refractivity contribution in [3.05, 3.63) is 29.8 Å². The van der Waals surface area contributed by atoms with Gasteiger partial charge in [0.1, 0.15) is 5.75 Å². The highest BCUT2D eigenvalue weighted by molar-refractivity contribution is 5.67. The van der Waals surface area contributed by atoms with Gasteiger partial charge in [-0.25, -0.2) is 0 Å². The number of rotatable bonds is 6. The smallest absolute Gasteiger partial charge is 0.303 e. The van der Waals surface area contributed by atoms with Crippen molar-refractivity contribution in [1.82, 2.24) is 4.90 Å². The number of carboxylic acid groups (broad SMARTS) is 1. The molecule has 1 aromatic rings. The van der Waals surface area contributed by atoms with E-state index in [1.165, 1.54) is 5.56 Å². The molecule has 0 saturated carbocycles. The molecule has 0 amide bonds. The van der Waals surface area contributed by atoms with Crippen LogP contribution in [0.2, 0.25) is 0 Å². The molecule has 3 rings (SSSR count). The summed E-state index contributed by atoms with van der Waals surface area (Å²) in [6, 6.07) is 8.29. The van der Waals surface area contributed by atoms with E-state index >= 15 is 0 Å². The van der Waals surface area contributed by atoms with Crippen molar-refractivity contribution in [2.45, 2.75) is 57.7 Å². The molecule has 5 nitrogen and oxygen atoms in total. The van der Waals surface area contributed by atoms with Gasteiger partial charge in [-0.05, 0) is 56.7 Å². The molecule has 2 aliphatic heterocycles. The zero-order valence-corrected chi connectivity index (χ0v) is 15.2. The fourth-order valence-electron chi connectivity index (χ4n) is 4.29. The average molecular weight is 347 g/mol. The van der Waals surface area contributed by atoms with E-state index in [-0.39, 0.29) is 24.0 Å². The van der Waals surface area contributed by atoms with Gasteiger partial charge in [0, 0.05) is 38.3 Å². The van der Waals surface area contributed by atoms with Gasteiger partial charge in [0.25, 0.3) is 0 Å². The lowest BCUT2D eigenvalue weighted by atomic mass is 9.84. The van der Waals surface area contributed by atoms with Crippen molar-refractivity contribution in [2.24, 2.45) is 5.92 Å². The first-order valence-corrected chi connectivity index (χ1v) is 9.27. The number of aliphatic carboxylic acids is 1. The number of carboxylic acids is 1. The van der Waals surface area contributed by atoms with Crippen LogP contribution in [-0.2, 0) is 16.1 Å². The number of nitrogens with zero attached hydrogens (tertiary/aromatic N) is 1. The van der Waals surface area contributed by atoms with Gasteiger partial charge in [0.15, 0.2) is 0 Å². The summed E-state index contributed by atoms with van der Waals surface area (Å²) in [7, 11) is 0. The highest BCUT2D eigenvalue weighted by Gasteiger charge is 2.46. The number of hydrogen-bond donors (Lipinski definition) is 1. The van der Waals surface area contributed by atoms with Crippen molar-refractivity contribution in [3.63, 3.8) is 0 Å². The van der Waals surface area contributed by atoms with Crippen molar-refractivity contribution in [3.8, 4) is 5.75 Å². The number of ether oxygens (including phenoxy) is 2. The first kappa shape index (κ1) is 18.2. The molecule has 0 aliphatic carbocycles. The van der Waals surface area contributed by atoms with Crippen LogP contribution >= 0.6 is 0 Å². The zero-order chi connectivity index (χ0) is 17.9. The van der Waals surface area contributed by atoms with Crippen molar-refractivity contribution >= 4 is 5.97 Å². The van der Waals surface area contributed by atoms with Gasteiger partial charge >= 0.3 is 5.97 Å². The highest BCUT2D eigenvalue weighted by Crippen LogP contribution is 2.42. The Morgan fingerprint density at radius 1 is 1.32 bits per heavy atom. The van der Waals surface area contributed by atoms with E-state index in [9.17, 15) is 9.90 Å². The number of likely N-dealkylation sites (tertiary alicyclic amines) is 1. The molecule has 25 heavy (non-hydrogen) atoms. The second-order valence-electron chi connectivity index (χ2n) is 7.70. The van der Waals surface area contributed by atoms with Crippen LogP contribution in [0.25, 0.3) is 0 Å². The topological polar surface area (TPSA) is 59.0 Å². The fraction of sp³-hybridized carbons (Fsp3) is 0.650. The summed E-state index contributed by atoms with van der Waals surface area (Å²) in [5, 5.41) is 9.18. The summed E-state index contributed by atoms with van der Waals surface area (Å²) in [5.74, 6) is 0.438. The summed E-state index contributed by atoms with van der Waals surface area (Å²) in [4.78, 5) is 13.7. The molecule has 1 spiro atoms. The van der Waals surface area contributed by atoms with E-state index < -0.39 is 5.97 Å². The van der Waals surface area contributed by atoms with Crippen molar-refractivity contribution in [2.75, 3.05) is 19.8 Å². The fourth-order valence-corrected chi connectivity index (χ4v) is 4.29. The molecule has 1 aromatic carbocycles. The van der Waals surface area contributed by atoms with E-state index in [0.29, 0.717) is 0 Å². The van der Waals surface area contributed by atoms with Gasteiger partial charge in [0.2, 0.25) is 0 Å². The van der Waals surface area contributed by atoms with Crippen LogP contribution in [0.5, 0.6) is 5.75 Å². The average Bonchev–Trinajstić information content (AvgIpc) is 2.85. The van der Waals surface area contributed by atoms with Crippen LogP contribution in [0.4, 0.5) is 0 Å². The third kappa shape index (κ3) is 4.53. The normalized spacial score (nSPS) is 23.2. The van der Waals surface area contributed by atoms with Crippen LogP contribution in [0.1, 0.15) is 45.1 Å². The molecule has 1 unspecified atom stereocenters. The van der Waals surface area contributed by atoms with Crippen molar-refractivity contribution < 1.29 is 19.4 Å². The molecule has 1 N–H and O–H groups in total. The first-order valence-electron chi connectivity index (χ1n) is 9.27. The van der Waals surface area contributed by atoms with Crippen LogP contribution in [0.3, 0.4) is 0 Å². The lowest BCUT2D eigenvalue weighted by Gasteiger charge is -2.41. The molecular weight excluding hydrogens is 318 g/mol. The molecule has 2 heterocycles. The summed E-state index contributed by atoms with van der Waals surface area (Å²) in [5.41, 5.74) is 1.35. The predicted molar refractivity (Wildman–Crippen MR) is 95.8 cm³/mol. The molecule has 2 fully saturated rings. The lowest BCUT2D eigenvalue weighted by Crippen LogP contribution is -2.47. The molecule has 0 bridgehead atoms. The highest BCUT2D eigenvalue weighted by atomic mass is 16.5. The summed E-state index contributed by atoms with van der Waals surface area (Å²) < 4.78 is 11.3. The van der Waals surface area contributed by atoms with Crippen LogP contribution in [0.15, 0.2) is 24.3 Å². The van der Waals surface area contributed by atoms with E-state index in [1.807, 2.05) is 26.0 Å². The Hall–Kier alpha value is -1.59. The Morgan fingerprint density at radius 3 is 2.60 bits per heavy atom. The maximum absolute atomic E-state index is 11.2. The molecule has 138 valence electrons. The van der Waals surface area contributed by atoms with Gasteiger partial charge < -0.3 is 14.6 Å². The van der Waals surface area contributed by atoms with E-state index in [1.54, 1.807) is 0 Å². The second-order valence-corrected chi connectivity index (χ2v) is 7.70. The van der Waals surface area contributed by atoms with E-state index in [0.717, 1.165) is 51.3 Å². The summed E-state index contributed by atoms with van der Waals surface area (Å²) in [6.45, 7) is 7.31. The monoisotopic (exact) mass is 347 g/mol. The molecule has 0 aromatic heterocycles. The van der Waals surface area contributed by atoms with E-state index in [2.05, 4.69) is 17.0 Å². The number of carbonyl (C=O) groups is 1. The lowest BCUT2D eigenvalue weighted by molar-refractivity contribution is -0.138. The largest absolute Gasteiger partial charge is 0.491 e. The zero-order valence-electron chi connectivity index (χ0n) is 15.2. The molecule has 2 saturated heterocycles. The minimum Gasteiger partial charge on any atom is -0.491 e. The Bertz CT molecular complexity index is 578. The SMILES string of the molecule is CC(C)Oc1ccc(CN2CC(CC(=O)O)CC23CCOCC3)cc1. The van der Waals surface area contributed by atoms with Crippen LogP contribution in [-0.4, -0.2) is 47.4 Å². The molecule has 5 heteroatoms. The van der Waals surface area contributed by atoms with Crippen LogP contribution in [0, 0.1) is 5.92 Å².